The second-order valence-corrected chi connectivity index (χ2v) is 9.41. The van der Waals surface area contributed by atoms with Crippen LogP contribution in [0.3, 0.4) is 0 Å². The molecule has 1 saturated heterocycles. The van der Waals surface area contributed by atoms with E-state index in [1.807, 2.05) is 46.4 Å². The van der Waals surface area contributed by atoms with Crippen molar-refractivity contribution in [2.75, 3.05) is 18.0 Å². The highest BCUT2D eigenvalue weighted by Crippen LogP contribution is 2.28. The first-order valence-electron chi connectivity index (χ1n) is 12.9. The summed E-state index contributed by atoms with van der Waals surface area (Å²) >= 11 is 0. The van der Waals surface area contributed by atoms with Crippen molar-refractivity contribution in [1.82, 2.24) is 45.1 Å². The number of anilines is 1. The quantitative estimate of drug-likeness (QED) is 0.317. The van der Waals surface area contributed by atoms with Gasteiger partial charge in [0.25, 0.3) is 0 Å². The molecule has 0 unspecified atom stereocenters. The molecule has 11 heteroatoms. The van der Waals surface area contributed by atoms with Gasteiger partial charge in [-0.15, -0.1) is 9.78 Å². The third-order valence-electron chi connectivity index (χ3n) is 6.92. The number of hydrogen-bond acceptors (Lipinski definition) is 8. The monoisotopic (exact) mass is 496 g/mol. The Labute approximate surface area is 214 Å². The van der Waals surface area contributed by atoms with Crippen LogP contribution in [-0.4, -0.2) is 58.1 Å². The lowest BCUT2D eigenvalue weighted by Gasteiger charge is -2.31. The van der Waals surface area contributed by atoms with E-state index in [-0.39, 0.29) is 6.04 Å². The van der Waals surface area contributed by atoms with Gasteiger partial charge in [0.2, 0.25) is 12.3 Å². The molecule has 0 atom stereocenters. The highest BCUT2D eigenvalue weighted by Gasteiger charge is 2.25. The van der Waals surface area contributed by atoms with E-state index in [2.05, 4.69) is 67.7 Å². The molecule has 6 rings (SSSR count). The minimum absolute atomic E-state index is 0.256. The van der Waals surface area contributed by atoms with Crippen LogP contribution < -0.4 is 9.58 Å². The molecule has 0 bridgehead atoms. The molecule has 0 spiro atoms. The van der Waals surface area contributed by atoms with Crippen LogP contribution in [0.5, 0.6) is 0 Å². The maximum atomic E-state index is 4.76. The summed E-state index contributed by atoms with van der Waals surface area (Å²) in [4.78, 5) is 16.1. The van der Waals surface area contributed by atoms with Gasteiger partial charge in [-0.2, -0.15) is 0 Å². The van der Waals surface area contributed by atoms with Crippen LogP contribution in [0.15, 0.2) is 55.2 Å². The van der Waals surface area contributed by atoms with Crippen molar-refractivity contribution in [2.24, 2.45) is 0 Å². The lowest BCUT2D eigenvalue weighted by Crippen LogP contribution is -2.36. The molecule has 1 aliphatic heterocycles. The van der Waals surface area contributed by atoms with Gasteiger partial charge in [0.1, 0.15) is 16.4 Å². The number of pyridine rings is 1. The molecule has 4 aromatic heterocycles. The summed E-state index contributed by atoms with van der Waals surface area (Å²) in [5.74, 6) is 0.803. The molecule has 37 heavy (non-hydrogen) atoms. The number of piperidine rings is 1. The number of aryl methyl sites for hydroxylation is 2. The first-order chi connectivity index (χ1) is 18.2. The Bertz CT molecular complexity index is 1480. The Morgan fingerprint density at radius 3 is 2.43 bits per heavy atom. The first-order valence-corrected chi connectivity index (χ1v) is 12.9. The summed E-state index contributed by atoms with van der Waals surface area (Å²) in [5.41, 5.74) is 5.82. The molecule has 0 N–H and O–H groups in total. The number of rotatable bonds is 7. The number of fused-ring (bicyclic) bond motifs is 1. The van der Waals surface area contributed by atoms with Crippen LogP contribution in [0, 0.1) is 0 Å². The third-order valence-corrected chi connectivity index (χ3v) is 6.92. The second-order valence-electron chi connectivity index (χ2n) is 9.41. The van der Waals surface area contributed by atoms with Crippen molar-refractivity contribution in [1.29, 1.82) is 0 Å². The van der Waals surface area contributed by atoms with Gasteiger partial charge in [-0.3, -0.25) is 0 Å². The van der Waals surface area contributed by atoms with Crippen molar-refractivity contribution in [3.05, 3.63) is 60.8 Å². The zero-order chi connectivity index (χ0) is 25.2. The topological polar surface area (TPSA) is 107 Å². The molecule has 1 aliphatic rings. The zero-order valence-electron chi connectivity index (χ0n) is 21.1. The molecule has 1 aromatic carbocycles. The number of aromatic nitrogens is 10. The van der Waals surface area contributed by atoms with E-state index in [9.17, 15) is 0 Å². The fourth-order valence-corrected chi connectivity index (χ4v) is 4.77. The van der Waals surface area contributed by atoms with E-state index in [1.165, 1.54) is 0 Å². The SMILES string of the molecule is CCC[n+]1cn(-c2ccc(-c3cnc4c(c3)nnn4C3CCN(c4ncc(CC)cn4)CC3)cc2)nn1. The Balaban J connectivity index is 1.15. The summed E-state index contributed by atoms with van der Waals surface area (Å²) < 4.78 is 5.61. The summed E-state index contributed by atoms with van der Waals surface area (Å²) in [5, 5.41) is 17.3. The number of tetrazole rings is 1. The molecular weight excluding hydrogens is 466 g/mol. The normalized spacial score (nSPS) is 14.5. The Morgan fingerprint density at radius 2 is 1.70 bits per heavy atom. The maximum Gasteiger partial charge on any atom is 0.250 e. The predicted molar refractivity (Wildman–Crippen MR) is 138 cm³/mol. The van der Waals surface area contributed by atoms with Crippen molar-refractivity contribution in [2.45, 2.75) is 52.1 Å². The van der Waals surface area contributed by atoms with Gasteiger partial charge in [-0.25, -0.2) is 19.6 Å². The average molecular weight is 497 g/mol. The predicted octanol–water partition coefficient (Wildman–Crippen LogP) is 2.97. The van der Waals surface area contributed by atoms with Gasteiger partial charge in [0, 0.05) is 37.2 Å². The standard InChI is InChI=1S/C26H30N11/c1-3-11-35-18-36(33-32-35)22-7-5-20(6-8-22)21-14-24-25(27-17-21)37(31-30-24)23-9-12-34(13-10-23)26-28-15-19(4-2)16-29-26/h5-8,14-18,23H,3-4,9-13H2,1-2H3/q+1. The van der Waals surface area contributed by atoms with E-state index in [0.717, 1.165) is 84.8 Å². The van der Waals surface area contributed by atoms with E-state index >= 15 is 0 Å². The zero-order valence-corrected chi connectivity index (χ0v) is 21.1. The molecule has 11 nitrogen and oxygen atoms in total. The molecule has 1 fully saturated rings. The minimum Gasteiger partial charge on any atom is -0.341 e. The van der Waals surface area contributed by atoms with Gasteiger partial charge < -0.3 is 4.90 Å². The number of nitrogens with zero attached hydrogens (tertiary/aromatic N) is 11. The molecule has 0 amide bonds. The molecule has 5 aromatic rings. The van der Waals surface area contributed by atoms with Crippen molar-refractivity contribution in [3.8, 4) is 16.8 Å². The van der Waals surface area contributed by atoms with Gasteiger partial charge in [0.15, 0.2) is 10.9 Å². The van der Waals surface area contributed by atoms with E-state index in [1.54, 1.807) is 4.68 Å². The number of benzene rings is 1. The lowest BCUT2D eigenvalue weighted by atomic mass is 10.1. The molecule has 0 radical (unpaired) electrons. The average Bonchev–Trinajstić information content (AvgIpc) is 3.61. The molecular formula is C26H30N11+. The van der Waals surface area contributed by atoms with Crippen molar-refractivity contribution >= 4 is 17.1 Å². The lowest BCUT2D eigenvalue weighted by molar-refractivity contribution is -0.754. The summed E-state index contributed by atoms with van der Waals surface area (Å²) in [6.45, 7) is 6.85. The van der Waals surface area contributed by atoms with Gasteiger partial charge in [-0.1, -0.05) is 35.9 Å². The first kappa shape index (κ1) is 23.1. The van der Waals surface area contributed by atoms with Crippen LogP contribution in [0.25, 0.3) is 28.0 Å². The molecule has 5 heterocycles. The summed E-state index contributed by atoms with van der Waals surface area (Å²) in [6.07, 6.45) is 11.5. The van der Waals surface area contributed by atoms with E-state index < -0.39 is 0 Å². The van der Waals surface area contributed by atoms with Crippen LogP contribution in [-0.2, 0) is 13.0 Å². The van der Waals surface area contributed by atoms with Gasteiger partial charge in [-0.05, 0) is 55.0 Å². The highest BCUT2D eigenvalue weighted by atomic mass is 15.6. The molecule has 0 saturated carbocycles. The Hall–Kier alpha value is -4.28. The van der Waals surface area contributed by atoms with Gasteiger partial charge >= 0.3 is 0 Å². The smallest absolute Gasteiger partial charge is 0.250 e. The minimum atomic E-state index is 0.256. The van der Waals surface area contributed by atoms with Crippen LogP contribution in [0.1, 0.15) is 44.7 Å². The van der Waals surface area contributed by atoms with Crippen LogP contribution >= 0.6 is 0 Å². The summed E-state index contributed by atoms with van der Waals surface area (Å²) in [6, 6.07) is 10.5. The van der Waals surface area contributed by atoms with E-state index in [4.69, 9.17) is 4.98 Å². The van der Waals surface area contributed by atoms with Crippen LogP contribution in [0.2, 0.25) is 0 Å². The second kappa shape index (κ2) is 10.00. The van der Waals surface area contributed by atoms with E-state index in [0.29, 0.717) is 0 Å². The maximum absolute atomic E-state index is 4.76. The van der Waals surface area contributed by atoms with Gasteiger partial charge in [0.05, 0.1) is 12.6 Å². The Morgan fingerprint density at radius 1 is 0.919 bits per heavy atom. The Kier molecular flexibility index (Phi) is 6.25. The third kappa shape index (κ3) is 4.64. The number of hydrogen-bond donors (Lipinski definition) is 0. The fraction of sp³-hybridized carbons (Fsp3) is 0.385. The molecule has 0 aliphatic carbocycles. The largest absolute Gasteiger partial charge is 0.341 e. The fourth-order valence-electron chi connectivity index (χ4n) is 4.77. The molecule has 188 valence electrons. The highest BCUT2D eigenvalue weighted by molar-refractivity contribution is 5.77. The summed E-state index contributed by atoms with van der Waals surface area (Å²) in [7, 11) is 0. The van der Waals surface area contributed by atoms with Crippen LogP contribution in [0.4, 0.5) is 5.95 Å². The van der Waals surface area contributed by atoms with Crippen molar-refractivity contribution in [3.63, 3.8) is 0 Å². The van der Waals surface area contributed by atoms with Crippen molar-refractivity contribution < 1.29 is 4.68 Å².